The zero-order valence-corrected chi connectivity index (χ0v) is 13.2. The molecular formula is C17H21N3O3. The molecule has 2 aromatic rings. The summed E-state index contributed by atoms with van der Waals surface area (Å²) >= 11 is 0. The van der Waals surface area contributed by atoms with Crippen molar-refractivity contribution in [2.75, 3.05) is 32.8 Å². The van der Waals surface area contributed by atoms with Crippen molar-refractivity contribution in [2.45, 2.75) is 13.0 Å². The van der Waals surface area contributed by atoms with E-state index in [-0.39, 0.29) is 17.5 Å². The van der Waals surface area contributed by atoms with Crippen LogP contribution in [0.2, 0.25) is 0 Å². The Kier molecular flexibility index (Phi) is 4.73. The van der Waals surface area contributed by atoms with E-state index in [1.807, 2.05) is 12.1 Å². The van der Waals surface area contributed by atoms with E-state index in [1.165, 1.54) is 0 Å². The van der Waals surface area contributed by atoms with E-state index < -0.39 is 0 Å². The molecule has 1 atom stereocenters. The van der Waals surface area contributed by atoms with Crippen molar-refractivity contribution >= 4 is 16.7 Å². The maximum atomic E-state index is 12.3. The maximum Gasteiger partial charge on any atom is 0.267 e. The number of aromatic nitrogens is 1. The van der Waals surface area contributed by atoms with Gasteiger partial charge in [-0.25, -0.2) is 0 Å². The summed E-state index contributed by atoms with van der Waals surface area (Å²) < 4.78 is 5.33. The zero-order chi connectivity index (χ0) is 16.2. The third-order valence-electron chi connectivity index (χ3n) is 4.23. The molecule has 23 heavy (non-hydrogen) atoms. The van der Waals surface area contributed by atoms with E-state index in [0.29, 0.717) is 17.6 Å². The molecule has 0 aliphatic carbocycles. The summed E-state index contributed by atoms with van der Waals surface area (Å²) in [5, 5.41) is 4.25. The Labute approximate surface area is 134 Å². The predicted octanol–water partition coefficient (Wildman–Crippen LogP) is 0.979. The molecule has 6 heteroatoms. The van der Waals surface area contributed by atoms with Crippen LogP contribution in [0.1, 0.15) is 17.4 Å². The highest BCUT2D eigenvalue weighted by atomic mass is 16.5. The second-order valence-electron chi connectivity index (χ2n) is 5.81. The quantitative estimate of drug-likeness (QED) is 0.882. The lowest BCUT2D eigenvalue weighted by atomic mass is 10.1. The molecule has 1 saturated heterocycles. The molecule has 3 rings (SSSR count). The Morgan fingerprint density at radius 3 is 2.87 bits per heavy atom. The van der Waals surface area contributed by atoms with Gasteiger partial charge in [-0.15, -0.1) is 0 Å². The molecule has 1 unspecified atom stereocenters. The molecule has 2 heterocycles. The first-order valence-corrected chi connectivity index (χ1v) is 7.87. The molecule has 1 aromatic carbocycles. The number of carbonyl (C=O) groups is 1. The normalized spacial score (nSPS) is 17.1. The number of fused-ring (bicyclic) bond motifs is 1. The van der Waals surface area contributed by atoms with Crippen molar-refractivity contribution in [1.82, 2.24) is 15.2 Å². The van der Waals surface area contributed by atoms with E-state index in [1.54, 1.807) is 18.2 Å². The number of benzene rings is 1. The van der Waals surface area contributed by atoms with Crippen molar-refractivity contribution in [3.8, 4) is 0 Å². The van der Waals surface area contributed by atoms with Crippen LogP contribution < -0.4 is 10.9 Å². The number of morpholine rings is 1. The van der Waals surface area contributed by atoms with E-state index in [4.69, 9.17) is 4.74 Å². The lowest BCUT2D eigenvalue weighted by Gasteiger charge is -2.32. The minimum absolute atomic E-state index is 0.232. The summed E-state index contributed by atoms with van der Waals surface area (Å²) in [6, 6.07) is 9.18. The number of nitrogens with one attached hydrogen (secondary N) is 2. The van der Waals surface area contributed by atoms with E-state index >= 15 is 0 Å². The highest BCUT2D eigenvalue weighted by Crippen LogP contribution is 2.10. The molecule has 1 aliphatic rings. The Morgan fingerprint density at radius 1 is 1.35 bits per heavy atom. The molecule has 0 radical (unpaired) electrons. The standard InChI is InChI=1S/C17H21N3O3/c1-12(20-6-8-23-9-7-20)11-18-17(22)15-10-13-4-2-3-5-14(13)16(21)19-15/h2-5,10,12H,6-9,11H2,1H3,(H,18,22)(H,19,21). The number of aromatic amines is 1. The van der Waals surface area contributed by atoms with Gasteiger partial charge in [0.05, 0.1) is 13.2 Å². The van der Waals surface area contributed by atoms with Crippen LogP contribution in [0, 0.1) is 0 Å². The Morgan fingerprint density at radius 2 is 2.09 bits per heavy atom. The van der Waals surface area contributed by atoms with Crippen LogP contribution in [0.4, 0.5) is 0 Å². The fraction of sp³-hybridized carbons (Fsp3) is 0.412. The molecule has 0 spiro atoms. The monoisotopic (exact) mass is 315 g/mol. The average Bonchev–Trinajstić information content (AvgIpc) is 2.60. The number of nitrogens with zero attached hydrogens (tertiary/aromatic N) is 1. The van der Waals surface area contributed by atoms with Gasteiger partial charge in [0, 0.05) is 31.1 Å². The van der Waals surface area contributed by atoms with Crippen molar-refractivity contribution in [2.24, 2.45) is 0 Å². The highest BCUT2D eigenvalue weighted by molar-refractivity contribution is 5.96. The van der Waals surface area contributed by atoms with Crippen molar-refractivity contribution in [3.63, 3.8) is 0 Å². The number of hydrogen-bond donors (Lipinski definition) is 2. The van der Waals surface area contributed by atoms with Gasteiger partial charge < -0.3 is 15.0 Å². The van der Waals surface area contributed by atoms with Crippen LogP contribution >= 0.6 is 0 Å². The summed E-state index contributed by atoms with van der Waals surface area (Å²) in [5.41, 5.74) is 0.0531. The molecular weight excluding hydrogens is 294 g/mol. The fourth-order valence-electron chi connectivity index (χ4n) is 2.82. The number of H-pyrrole nitrogens is 1. The summed E-state index contributed by atoms with van der Waals surface area (Å²) in [7, 11) is 0. The van der Waals surface area contributed by atoms with Crippen molar-refractivity contribution < 1.29 is 9.53 Å². The molecule has 0 bridgehead atoms. The number of amides is 1. The average molecular weight is 315 g/mol. The molecule has 2 N–H and O–H groups in total. The lowest BCUT2D eigenvalue weighted by molar-refractivity contribution is 0.0204. The second-order valence-corrected chi connectivity index (χ2v) is 5.81. The van der Waals surface area contributed by atoms with Crippen LogP contribution in [0.3, 0.4) is 0 Å². The Bertz CT molecular complexity index is 750. The van der Waals surface area contributed by atoms with E-state index in [0.717, 1.165) is 31.7 Å². The molecule has 1 fully saturated rings. The molecule has 122 valence electrons. The lowest BCUT2D eigenvalue weighted by Crippen LogP contribution is -2.47. The zero-order valence-electron chi connectivity index (χ0n) is 13.2. The van der Waals surface area contributed by atoms with E-state index in [9.17, 15) is 9.59 Å². The van der Waals surface area contributed by atoms with Gasteiger partial charge in [-0.1, -0.05) is 18.2 Å². The van der Waals surface area contributed by atoms with Crippen LogP contribution in [-0.2, 0) is 4.74 Å². The minimum atomic E-state index is -0.257. The topological polar surface area (TPSA) is 74.4 Å². The van der Waals surface area contributed by atoms with Gasteiger partial charge in [0.1, 0.15) is 5.69 Å². The Balaban J connectivity index is 1.67. The number of pyridine rings is 1. The predicted molar refractivity (Wildman–Crippen MR) is 88.8 cm³/mol. The van der Waals surface area contributed by atoms with E-state index in [2.05, 4.69) is 22.1 Å². The van der Waals surface area contributed by atoms with Crippen LogP contribution in [0.15, 0.2) is 35.1 Å². The molecule has 1 aromatic heterocycles. The van der Waals surface area contributed by atoms with Crippen molar-refractivity contribution in [1.29, 1.82) is 0 Å². The third-order valence-corrected chi connectivity index (χ3v) is 4.23. The van der Waals surface area contributed by atoms with Gasteiger partial charge in [-0.05, 0) is 24.4 Å². The minimum Gasteiger partial charge on any atom is -0.379 e. The number of carbonyl (C=O) groups excluding carboxylic acids is 1. The maximum absolute atomic E-state index is 12.3. The molecule has 1 amide bonds. The van der Waals surface area contributed by atoms with Gasteiger partial charge in [-0.3, -0.25) is 14.5 Å². The van der Waals surface area contributed by atoms with Crippen LogP contribution in [0.25, 0.3) is 10.8 Å². The summed E-state index contributed by atoms with van der Waals surface area (Å²) in [6.45, 7) is 5.84. The second kappa shape index (κ2) is 6.93. The van der Waals surface area contributed by atoms with Crippen molar-refractivity contribution in [3.05, 3.63) is 46.4 Å². The SMILES string of the molecule is CC(CNC(=O)c1cc2ccccc2c(=O)[nH]1)N1CCOCC1. The molecule has 6 nitrogen and oxygen atoms in total. The smallest absolute Gasteiger partial charge is 0.267 e. The van der Waals surface area contributed by atoms with Gasteiger partial charge in [0.2, 0.25) is 0 Å². The van der Waals surface area contributed by atoms with Gasteiger partial charge in [-0.2, -0.15) is 0 Å². The van der Waals surface area contributed by atoms with Crippen LogP contribution in [0.5, 0.6) is 0 Å². The van der Waals surface area contributed by atoms with Gasteiger partial charge in [0.25, 0.3) is 11.5 Å². The summed E-state index contributed by atoms with van der Waals surface area (Å²) in [4.78, 5) is 29.3. The Hall–Kier alpha value is -2.18. The molecule has 0 saturated carbocycles. The first-order valence-electron chi connectivity index (χ1n) is 7.87. The summed E-state index contributed by atoms with van der Waals surface area (Å²) in [5.74, 6) is -0.257. The first kappa shape index (κ1) is 15.7. The largest absolute Gasteiger partial charge is 0.379 e. The number of hydrogen-bond acceptors (Lipinski definition) is 4. The van der Waals surface area contributed by atoms with Gasteiger partial charge in [0.15, 0.2) is 0 Å². The van der Waals surface area contributed by atoms with Gasteiger partial charge >= 0.3 is 0 Å². The highest BCUT2D eigenvalue weighted by Gasteiger charge is 2.18. The summed E-state index contributed by atoms with van der Waals surface area (Å²) in [6.07, 6.45) is 0. The third kappa shape index (κ3) is 3.60. The number of ether oxygens (including phenoxy) is 1. The van der Waals surface area contributed by atoms with Crippen LogP contribution in [-0.4, -0.2) is 54.7 Å². The fourth-order valence-corrected chi connectivity index (χ4v) is 2.82. The molecule has 1 aliphatic heterocycles. The first-order chi connectivity index (χ1) is 11.1. The number of rotatable bonds is 4.